The predicted octanol–water partition coefficient (Wildman–Crippen LogP) is 2.20. The van der Waals surface area contributed by atoms with Crippen molar-refractivity contribution in [3.8, 4) is 11.4 Å². The molecular weight excluding hydrogens is 294 g/mol. The Morgan fingerprint density at radius 3 is 2.83 bits per heavy atom. The van der Waals surface area contributed by atoms with E-state index in [0.717, 1.165) is 11.4 Å². The van der Waals surface area contributed by atoms with Gasteiger partial charge in [0.25, 0.3) is 5.91 Å². The smallest absolute Gasteiger partial charge is 0.251 e. The highest BCUT2D eigenvalue weighted by Crippen LogP contribution is 2.37. The van der Waals surface area contributed by atoms with Crippen molar-refractivity contribution < 1.29 is 9.21 Å². The molecule has 1 N–H and O–H groups in total. The number of benzene rings is 1. The Morgan fingerprint density at radius 2 is 2.13 bits per heavy atom. The molecule has 0 saturated heterocycles. The number of hydrogen-bond donors (Lipinski definition) is 1. The largest absolute Gasteiger partial charge is 0.451 e. The molecule has 0 aliphatic heterocycles. The summed E-state index contributed by atoms with van der Waals surface area (Å²) >= 11 is 0. The molecule has 1 amide bonds. The van der Waals surface area contributed by atoms with Crippen molar-refractivity contribution in [1.29, 1.82) is 0 Å². The lowest BCUT2D eigenvalue weighted by Gasteiger charge is -2.06. The summed E-state index contributed by atoms with van der Waals surface area (Å²) < 4.78 is 6.96. The van der Waals surface area contributed by atoms with Gasteiger partial charge in [-0.2, -0.15) is 0 Å². The van der Waals surface area contributed by atoms with Gasteiger partial charge in [-0.15, -0.1) is 10.2 Å². The Bertz CT molecular complexity index is 803. The second-order valence-corrected chi connectivity index (χ2v) is 5.53. The van der Waals surface area contributed by atoms with E-state index in [2.05, 4.69) is 25.1 Å². The zero-order valence-electron chi connectivity index (χ0n) is 12.3. The highest BCUT2D eigenvalue weighted by Gasteiger charge is 2.26. The van der Waals surface area contributed by atoms with E-state index >= 15 is 0 Å². The van der Waals surface area contributed by atoms with Crippen LogP contribution in [0.3, 0.4) is 0 Å². The number of hydrogen-bond acceptors (Lipinski definition) is 5. The second-order valence-electron chi connectivity index (χ2n) is 5.53. The van der Waals surface area contributed by atoms with Crippen molar-refractivity contribution in [2.45, 2.75) is 25.4 Å². The molecule has 1 fully saturated rings. The standard InChI is InChI=1S/C16H15N5O2/c22-16(17-7-13-8-23-10-18-13)12-3-1-11(2-4-12)15-20-19-9-21(15)14-5-6-14/h1-4,8-10,14H,5-7H2,(H,17,22). The van der Waals surface area contributed by atoms with Gasteiger partial charge in [-0.25, -0.2) is 4.98 Å². The number of rotatable bonds is 5. The Morgan fingerprint density at radius 1 is 1.30 bits per heavy atom. The van der Waals surface area contributed by atoms with Crippen LogP contribution in [0.4, 0.5) is 0 Å². The molecule has 116 valence electrons. The summed E-state index contributed by atoms with van der Waals surface area (Å²) in [6, 6.07) is 7.89. The number of nitrogens with one attached hydrogen (secondary N) is 1. The minimum atomic E-state index is -0.150. The van der Waals surface area contributed by atoms with Gasteiger partial charge in [-0.1, -0.05) is 12.1 Å². The fraction of sp³-hybridized carbons (Fsp3) is 0.250. The van der Waals surface area contributed by atoms with Gasteiger partial charge in [0.1, 0.15) is 12.6 Å². The summed E-state index contributed by atoms with van der Waals surface area (Å²) in [4.78, 5) is 16.1. The molecule has 0 radical (unpaired) electrons. The number of amides is 1. The Labute approximate surface area is 132 Å². The Hall–Kier alpha value is -2.96. The first-order valence-electron chi connectivity index (χ1n) is 7.46. The van der Waals surface area contributed by atoms with Crippen molar-refractivity contribution in [2.75, 3.05) is 0 Å². The molecule has 0 unspecified atom stereocenters. The van der Waals surface area contributed by atoms with Gasteiger partial charge in [0.2, 0.25) is 0 Å². The highest BCUT2D eigenvalue weighted by molar-refractivity contribution is 5.94. The summed E-state index contributed by atoms with van der Waals surface area (Å²) in [6.45, 7) is 0.340. The van der Waals surface area contributed by atoms with Crippen molar-refractivity contribution in [3.05, 3.63) is 54.5 Å². The molecule has 0 atom stereocenters. The van der Waals surface area contributed by atoms with Crippen molar-refractivity contribution in [3.63, 3.8) is 0 Å². The molecule has 23 heavy (non-hydrogen) atoms. The molecule has 7 heteroatoms. The van der Waals surface area contributed by atoms with E-state index in [1.807, 2.05) is 12.1 Å². The maximum absolute atomic E-state index is 12.1. The summed E-state index contributed by atoms with van der Waals surface area (Å²) in [5.74, 6) is 0.699. The normalized spacial score (nSPS) is 13.9. The van der Waals surface area contributed by atoms with E-state index in [0.29, 0.717) is 23.8 Å². The van der Waals surface area contributed by atoms with Crippen LogP contribution in [0.1, 0.15) is 34.9 Å². The lowest BCUT2D eigenvalue weighted by molar-refractivity contribution is 0.0950. The fourth-order valence-corrected chi connectivity index (χ4v) is 2.44. The highest BCUT2D eigenvalue weighted by atomic mass is 16.3. The molecule has 1 saturated carbocycles. The predicted molar refractivity (Wildman–Crippen MR) is 81.4 cm³/mol. The third kappa shape index (κ3) is 2.85. The lowest BCUT2D eigenvalue weighted by Crippen LogP contribution is -2.22. The van der Waals surface area contributed by atoms with Gasteiger partial charge >= 0.3 is 0 Å². The van der Waals surface area contributed by atoms with Gasteiger partial charge in [0, 0.05) is 17.2 Å². The third-order valence-corrected chi connectivity index (χ3v) is 3.83. The van der Waals surface area contributed by atoms with Gasteiger partial charge in [-0.3, -0.25) is 4.79 Å². The maximum Gasteiger partial charge on any atom is 0.251 e. The van der Waals surface area contributed by atoms with Crippen molar-refractivity contribution in [1.82, 2.24) is 25.1 Å². The average molecular weight is 309 g/mol. The monoisotopic (exact) mass is 309 g/mol. The van der Waals surface area contributed by atoms with Crippen LogP contribution < -0.4 is 5.32 Å². The van der Waals surface area contributed by atoms with Crippen LogP contribution in [0.25, 0.3) is 11.4 Å². The van der Waals surface area contributed by atoms with Crippen LogP contribution in [0.5, 0.6) is 0 Å². The van der Waals surface area contributed by atoms with Crippen molar-refractivity contribution in [2.24, 2.45) is 0 Å². The first kappa shape index (κ1) is 13.7. The molecule has 0 spiro atoms. The third-order valence-electron chi connectivity index (χ3n) is 3.83. The van der Waals surface area contributed by atoms with Gasteiger partial charge in [0.05, 0.1) is 12.2 Å². The molecule has 1 aromatic carbocycles. The van der Waals surface area contributed by atoms with Crippen LogP contribution in [0, 0.1) is 0 Å². The van der Waals surface area contributed by atoms with Gasteiger partial charge in [-0.05, 0) is 25.0 Å². The quantitative estimate of drug-likeness (QED) is 0.781. The second kappa shape index (κ2) is 5.68. The lowest BCUT2D eigenvalue weighted by atomic mass is 10.1. The van der Waals surface area contributed by atoms with E-state index < -0.39 is 0 Å². The minimum Gasteiger partial charge on any atom is -0.451 e. The van der Waals surface area contributed by atoms with E-state index in [9.17, 15) is 4.79 Å². The van der Waals surface area contributed by atoms with Crippen LogP contribution in [0.15, 0.2) is 47.7 Å². The zero-order valence-corrected chi connectivity index (χ0v) is 12.3. The van der Waals surface area contributed by atoms with Crippen LogP contribution in [-0.2, 0) is 6.54 Å². The molecule has 1 aliphatic rings. The van der Waals surface area contributed by atoms with E-state index in [1.165, 1.54) is 25.5 Å². The first-order valence-corrected chi connectivity index (χ1v) is 7.46. The molecule has 4 rings (SSSR count). The van der Waals surface area contributed by atoms with E-state index in [1.54, 1.807) is 18.5 Å². The Kier molecular flexibility index (Phi) is 3.38. The summed E-state index contributed by atoms with van der Waals surface area (Å²) in [6.07, 6.45) is 6.97. The number of aromatic nitrogens is 4. The van der Waals surface area contributed by atoms with Crippen LogP contribution in [-0.4, -0.2) is 25.7 Å². The number of nitrogens with zero attached hydrogens (tertiary/aromatic N) is 4. The maximum atomic E-state index is 12.1. The number of carbonyl (C=O) groups excluding carboxylic acids is 1. The van der Waals surface area contributed by atoms with Crippen LogP contribution in [0.2, 0.25) is 0 Å². The molecular formula is C16H15N5O2. The minimum absolute atomic E-state index is 0.150. The van der Waals surface area contributed by atoms with Gasteiger partial charge in [0.15, 0.2) is 12.2 Å². The Balaban J connectivity index is 1.47. The van der Waals surface area contributed by atoms with Crippen molar-refractivity contribution >= 4 is 5.91 Å². The first-order chi connectivity index (χ1) is 11.3. The van der Waals surface area contributed by atoms with Gasteiger partial charge < -0.3 is 14.3 Å². The van der Waals surface area contributed by atoms with E-state index in [4.69, 9.17) is 4.42 Å². The van der Waals surface area contributed by atoms with E-state index in [-0.39, 0.29) is 5.91 Å². The fourth-order valence-electron chi connectivity index (χ4n) is 2.44. The summed E-state index contributed by atoms with van der Waals surface area (Å²) in [5.41, 5.74) is 2.24. The molecule has 0 bridgehead atoms. The number of oxazole rings is 1. The molecule has 2 heterocycles. The zero-order chi connectivity index (χ0) is 15.6. The summed E-state index contributed by atoms with van der Waals surface area (Å²) in [5, 5.41) is 11.0. The summed E-state index contributed by atoms with van der Waals surface area (Å²) in [7, 11) is 0. The molecule has 3 aromatic rings. The average Bonchev–Trinajstić information content (AvgIpc) is 3.10. The SMILES string of the molecule is O=C(NCc1cocn1)c1ccc(-c2nncn2C2CC2)cc1. The molecule has 1 aliphatic carbocycles. The molecule has 2 aromatic heterocycles. The molecule has 7 nitrogen and oxygen atoms in total. The van der Waals surface area contributed by atoms with Crippen LogP contribution >= 0.6 is 0 Å². The topological polar surface area (TPSA) is 85.8 Å². The number of carbonyl (C=O) groups is 1.